The third kappa shape index (κ3) is 9.67. The summed E-state index contributed by atoms with van der Waals surface area (Å²) in [5.74, 6) is -1.25. The Bertz CT molecular complexity index is 2230. The molecule has 16 heteroatoms. The lowest BCUT2D eigenvalue weighted by Crippen LogP contribution is -2.52. The van der Waals surface area contributed by atoms with E-state index in [0.29, 0.717) is 54.4 Å². The number of H-pyrrole nitrogens is 1. The van der Waals surface area contributed by atoms with E-state index in [1.807, 2.05) is 36.0 Å². The average Bonchev–Trinajstić information content (AvgIpc) is 3.97. The number of methoxy groups -OCH3 is 1. The number of piperazine rings is 1. The Morgan fingerprint density at radius 2 is 1.66 bits per heavy atom. The van der Waals surface area contributed by atoms with Crippen LogP contribution in [0.25, 0.3) is 33.8 Å². The zero-order valence-electron chi connectivity index (χ0n) is 33.7. The number of pyridine rings is 1. The van der Waals surface area contributed by atoms with Gasteiger partial charge in [0.1, 0.15) is 6.79 Å². The van der Waals surface area contributed by atoms with Crippen LogP contribution in [0.3, 0.4) is 0 Å². The molecule has 2 saturated heterocycles. The number of aromatic nitrogens is 5. The maximum atomic E-state index is 15.6. The molecule has 2 fully saturated rings. The minimum atomic E-state index is -0.719. The molecule has 306 valence electrons. The van der Waals surface area contributed by atoms with Crippen molar-refractivity contribution >= 4 is 41.8 Å². The number of hydrogen-bond donors (Lipinski definition) is 2. The minimum Gasteiger partial charge on any atom is -0.388 e. The minimum absolute atomic E-state index is 0.0307. The molecule has 3 aromatic heterocycles. The largest absolute Gasteiger partial charge is 0.388 e. The van der Waals surface area contributed by atoms with E-state index in [2.05, 4.69) is 51.2 Å². The Balaban J connectivity index is 0.00000122. The van der Waals surface area contributed by atoms with Gasteiger partial charge in [-0.3, -0.25) is 19.5 Å². The molecule has 2 aromatic carbocycles. The van der Waals surface area contributed by atoms with Crippen LogP contribution in [0.15, 0.2) is 67.0 Å². The number of nitrogens with one attached hydrogen (secondary N) is 2. The first-order chi connectivity index (χ1) is 27.8. The van der Waals surface area contributed by atoms with Gasteiger partial charge < -0.3 is 33.7 Å². The first kappa shape index (κ1) is 43.4. The lowest BCUT2D eigenvalue weighted by atomic mass is 10.0. The number of aryl methyl sites for hydroxylation is 1. The molecule has 2 aliphatic rings. The van der Waals surface area contributed by atoms with Gasteiger partial charge in [-0.25, -0.2) is 9.97 Å². The van der Waals surface area contributed by atoms with Gasteiger partial charge in [0.25, 0.3) is 11.8 Å². The number of carbonyl (C=O) groups excluding carboxylic acids is 4. The van der Waals surface area contributed by atoms with E-state index in [1.165, 1.54) is 22.4 Å². The fourth-order valence-corrected chi connectivity index (χ4v) is 7.51. The van der Waals surface area contributed by atoms with Crippen molar-refractivity contribution in [3.05, 3.63) is 94.9 Å². The predicted octanol–water partition coefficient (Wildman–Crippen LogP) is 5.60. The molecule has 0 aliphatic carbocycles. The van der Waals surface area contributed by atoms with Crippen LogP contribution in [0, 0.1) is 11.9 Å². The van der Waals surface area contributed by atoms with E-state index in [0.717, 1.165) is 41.7 Å². The Labute approximate surface area is 342 Å². The molecule has 7 rings (SSSR count). The van der Waals surface area contributed by atoms with Gasteiger partial charge in [-0.2, -0.15) is 9.49 Å². The van der Waals surface area contributed by atoms with Crippen LogP contribution < -0.4 is 5.32 Å². The molecular weight excluding hydrogens is 765 g/mol. The third-order valence-corrected chi connectivity index (χ3v) is 10.7. The Morgan fingerprint density at radius 1 is 0.983 bits per heavy atom. The number of hydrogen-bond acceptors (Lipinski definition) is 8. The Morgan fingerprint density at radius 3 is 2.26 bits per heavy atom. The molecule has 1 atom stereocenters. The molecule has 0 radical (unpaired) electrons. The summed E-state index contributed by atoms with van der Waals surface area (Å²) in [4.78, 5) is 59.9. The van der Waals surface area contributed by atoms with Crippen LogP contribution in [-0.2, 0) is 27.8 Å². The summed E-state index contributed by atoms with van der Waals surface area (Å²) in [5.41, 5.74) is 5.14. The zero-order chi connectivity index (χ0) is 42.1. The number of anilines is 1. The van der Waals surface area contributed by atoms with Crippen molar-refractivity contribution in [2.24, 2.45) is 13.0 Å². The fourth-order valence-electron chi connectivity index (χ4n) is 7.25. The molecule has 3 amide bonds. The van der Waals surface area contributed by atoms with Crippen molar-refractivity contribution in [1.29, 1.82) is 0 Å². The molecule has 2 N–H and O–H groups in total. The highest BCUT2D eigenvalue weighted by Crippen LogP contribution is 2.32. The number of nitrogens with zero attached hydrogens (tertiary/aromatic N) is 7. The van der Waals surface area contributed by atoms with Crippen molar-refractivity contribution < 1.29 is 32.8 Å². The quantitative estimate of drug-likeness (QED) is 0.152. The summed E-state index contributed by atoms with van der Waals surface area (Å²) in [6.07, 6.45) is 4.85. The maximum absolute atomic E-state index is 15.6. The first-order valence-electron chi connectivity index (χ1n) is 18.9. The average molecular weight is 815 g/mol. The second-order valence-corrected chi connectivity index (χ2v) is 15.2. The number of carbonyl (C=O) groups is 4. The van der Waals surface area contributed by atoms with Gasteiger partial charge in [-0.05, 0) is 42.3 Å². The maximum Gasteiger partial charge on any atom is 0.291 e. The van der Waals surface area contributed by atoms with Gasteiger partial charge in [0.05, 0.1) is 78.7 Å². The Hall–Kier alpha value is -5.77. The molecule has 0 saturated carbocycles. The van der Waals surface area contributed by atoms with Crippen molar-refractivity contribution in [2.75, 3.05) is 72.9 Å². The number of imidazole rings is 1. The summed E-state index contributed by atoms with van der Waals surface area (Å²) >= 11 is 6.56. The molecule has 0 bridgehead atoms. The molecule has 0 spiro atoms. The molecule has 58 heavy (non-hydrogen) atoms. The van der Waals surface area contributed by atoms with E-state index < -0.39 is 11.9 Å². The number of benzene rings is 2. The van der Waals surface area contributed by atoms with Crippen molar-refractivity contribution in [3.63, 3.8) is 0 Å². The van der Waals surface area contributed by atoms with E-state index >= 15 is 4.39 Å². The normalized spacial score (nSPS) is 15.8. The van der Waals surface area contributed by atoms with Gasteiger partial charge in [0.2, 0.25) is 11.9 Å². The van der Waals surface area contributed by atoms with Gasteiger partial charge >= 0.3 is 0 Å². The summed E-state index contributed by atoms with van der Waals surface area (Å²) in [7, 11) is 9.16. The Kier molecular flexibility index (Phi) is 14.3. The van der Waals surface area contributed by atoms with Crippen LogP contribution in [0.5, 0.6) is 0 Å². The van der Waals surface area contributed by atoms with Crippen molar-refractivity contribution in [2.45, 2.75) is 19.8 Å². The molecule has 14 nitrogen and oxygen atoms in total. The lowest BCUT2D eigenvalue weighted by Gasteiger charge is -2.36. The third-order valence-electron chi connectivity index (χ3n) is 10.4. The number of amides is 3. The lowest BCUT2D eigenvalue weighted by molar-refractivity contribution is -0.878. The van der Waals surface area contributed by atoms with Crippen LogP contribution in [-0.4, -0.2) is 131 Å². The summed E-state index contributed by atoms with van der Waals surface area (Å²) in [6.45, 7) is 7.72. The second kappa shape index (κ2) is 19.1. The molecule has 1 unspecified atom stereocenters. The van der Waals surface area contributed by atoms with Crippen molar-refractivity contribution in [3.8, 4) is 33.8 Å². The van der Waals surface area contributed by atoms with Gasteiger partial charge in [0, 0.05) is 70.7 Å². The van der Waals surface area contributed by atoms with Crippen LogP contribution >= 0.6 is 11.6 Å². The highest BCUT2D eigenvalue weighted by Gasteiger charge is 2.38. The number of likely N-dealkylation sites (tertiary alicyclic amines) is 1. The van der Waals surface area contributed by atoms with Gasteiger partial charge in [0.15, 0.2) is 5.82 Å². The zero-order valence-corrected chi connectivity index (χ0v) is 34.5. The predicted molar refractivity (Wildman–Crippen MR) is 221 cm³/mol. The topological polar surface area (TPSA) is 155 Å². The van der Waals surface area contributed by atoms with Gasteiger partial charge in [-0.1, -0.05) is 42.8 Å². The van der Waals surface area contributed by atoms with E-state index in [1.54, 1.807) is 56.6 Å². The summed E-state index contributed by atoms with van der Waals surface area (Å²) < 4.78 is 22.2. The van der Waals surface area contributed by atoms with E-state index in [4.69, 9.17) is 16.4 Å². The van der Waals surface area contributed by atoms with Crippen molar-refractivity contribution in [1.82, 2.24) is 34.5 Å². The summed E-state index contributed by atoms with van der Waals surface area (Å²) in [5, 5.41) is 10.1. The van der Waals surface area contributed by atoms with Crippen LogP contribution in [0.4, 0.5) is 10.1 Å². The van der Waals surface area contributed by atoms with E-state index in [9.17, 15) is 14.4 Å². The fraction of sp³-hybridized carbons (Fsp3) is 0.357. The standard InChI is InChI=1S/C39H41ClFN9O3.C2H6O.CH2O/c1-5-24-6-8-25(9-7-24)34-30(21-43-46-34)32-13-12-29(35(41)45-32)33-22-42-36(47(33)2)37(51)44-27-10-11-28(31(40)20-27)39(53)49-17-15-48(16-18-49)38(52)26-14-19-50(3,4)23-26;1-3-2;1-2/h6-13,20-22,26H,5,14-19,23H2,1-4H3,(H-,43,44,45,46,51,53);1-2H3;1H2/p+1. The highest BCUT2D eigenvalue weighted by molar-refractivity contribution is 6.34. The molecule has 5 aromatic rings. The number of ether oxygens (including phenoxy) is 1. The molecular formula is C42H50ClFN9O5+. The molecule has 2 aliphatic heterocycles. The SMILES string of the molecule is C=O.CCc1ccc(-c2[nH]ncc2-c2ccc(-c3cnc(C(=O)Nc4ccc(C(=O)N5CCN(C(=O)C6CC[N+](C)(C)C6)CC5)c(Cl)c4)n3C)c(F)n2)cc1.COC. The number of quaternary nitrogens is 1. The summed E-state index contributed by atoms with van der Waals surface area (Å²) in [6, 6.07) is 16.1. The number of rotatable bonds is 8. The second-order valence-electron chi connectivity index (χ2n) is 14.8. The smallest absolute Gasteiger partial charge is 0.291 e. The first-order valence-corrected chi connectivity index (χ1v) is 19.2. The van der Waals surface area contributed by atoms with E-state index in [-0.39, 0.29) is 34.1 Å². The highest BCUT2D eigenvalue weighted by atomic mass is 35.5. The monoisotopic (exact) mass is 814 g/mol. The number of halogens is 2. The number of aromatic amines is 1. The van der Waals surface area contributed by atoms with Crippen LogP contribution in [0.2, 0.25) is 5.02 Å². The van der Waals surface area contributed by atoms with Gasteiger partial charge in [-0.15, -0.1) is 0 Å². The molecule has 5 heterocycles. The van der Waals surface area contributed by atoms with Crippen LogP contribution in [0.1, 0.15) is 39.9 Å².